The standard InChI is InChI=1S/C28H25N3O3/c32-28(33)34-20-10-12-26-23(14-20)29-27(31(26)16-18-7-8-18)19-9-11-25-22(13-19)21-3-1-2-4-24(21)30(25)15-17-5-6-17/h1-4,9-14,17-18H,5-8,15-16H2,(H,32,33). The molecule has 6 heteroatoms. The minimum atomic E-state index is -1.31. The molecule has 0 saturated heterocycles. The fourth-order valence-electron chi connectivity index (χ4n) is 5.19. The molecule has 5 aromatic rings. The van der Waals surface area contributed by atoms with Crippen LogP contribution in [0.1, 0.15) is 25.7 Å². The van der Waals surface area contributed by atoms with Crippen LogP contribution in [0.25, 0.3) is 44.2 Å². The Hall–Kier alpha value is -3.80. The first-order chi connectivity index (χ1) is 16.6. The Morgan fingerprint density at radius 1 is 0.853 bits per heavy atom. The number of para-hydroxylation sites is 1. The summed E-state index contributed by atoms with van der Waals surface area (Å²) in [5.41, 5.74) is 5.42. The van der Waals surface area contributed by atoms with Crippen LogP contribution in [0, 0.1) is 11.8 Å². The van der Waals surface area contributed by atoms with Gasteiger partial charge in [0.05, 0.1) is 11.0 Å². The minimum Gasteiger partial charge on any atom is -0.449 e. The Balaban J connectivity index is 1.40. The normalized spacial score (nSPS) is 16.0. The summed E-state index contributed by atoms with van der Waals surface area (Å²) in [4.78, 5) is 16.0. The van der Waals surface area contributed by atoms with Gasteiger partial charge in [0.1, 0.15) is 11.6 Å². The lowest BCUT2D eigenvalue weighted by molar-refractivity contribution is 0.144. The lowest BCUT2D eigenvalue weighted by Crippen LogP contribution is -2.03. The van der Waals surface area contributed by atoms with Crippen molar-refractivity contribution in [2.75, 3.05) is 0 Å². The number of fused-ring (bicyclic) bond motifs is 4. The number of hydrogen-bond donors (Lipinski definition) is 1. The smallest absolute Gasteiger partial charge is 0.449 e. The number of carbonyl (C=O) groups is 1. The molecule has 2 aliphatic rings. The van der Waals surface area contributed by atoms with Crippen LogP contribution in [0.15, 0.2) is 60.7 Å². The number of hydrogen-bond acceptors (Lipinski definition) is 3. The highest BCUT2D eigenvalue weighted by Gasteiger charge is 2.26. The molecule has 6 nitrogen and oxygen atoms in total. The Morgan fingerprint density at radius 3 is 2.32 bits per heavy atom. The van der Waals surface area contributed by atoms with Crippen molar-refractivity contribution in [3.05, 3.63) is 60.7 Å². The van der Waals surface area contributed by atoms with E-state index in [9.17, 15) is 4.79 Å². The predicted octanol–water partition coefficient (Wildman–Crippen LogP) is 6.69. The van der Waals surface area contributed by atoms with Crippen molar-refractivity contribution in [1.82, 2.24) is 14.1 Å². The van der Waals surface area contributed by atoms with Crippen molar-refractivity contribution in [2.45, 2.75) is 38.8 Å². The molecule has 34 heavy (non-hydrogen) atoms. The molecular formula is C28H25N3O3. The molecule has 170 valence electrons. The summed E-state index contributed by atoms with van der Waals surface area (Å²) in [5.74, 6) is 2.69. The molecule has 2 aromatic heterocycles. The maximum Gasteiger partial charge on any atom is 0.511 e. The highest BCUT2D eigenvalue weighted by Crippen LogP contribution is 2.39. The van der Waals surface area contributed by atoms with Crippen LogP contribution in [-0.4, -0.2) is 25.4 Å². The molecule has 3 aromatic carbocycles. The third-order valence-corrected chi connectivity index (χ3v) is 7.23. The molecule has 2 heterocycles. The summed E-state index contributed by atoms with van der Waals surface area (Å²) in [5, 5.41) is 11.5. The van der Waals surface area contributed by atoms with Crippen molar-refractivity contribution < 1.29 is 14.6 Å². The van der Waals surface area contributed by atoms with E-state index in [1.807, 2.05) is 6.07 Å². The lowest BCUT2D eigenvalue weighted by Gasteiger charge is -2.10. The summed E-state index contributed by atoms with van der Waals surface area (Å²) in [6.45, 7) is 2.00. The Labute approximate surface area is 196 Å². The largest absolute Gasteiger partial charge is 0.511 e. The topological polar surface area (TPSA) is 69.3 Å². The average Bonchev–Trinajstić information content (AvgIpc) is 3.76. The van der Waals surface area contributed by atoms with Gasteiger partial charge >= 0.3 is 6.16 Å². The molecular weight excluding hydrogens is 426 g/mol. The van der Waals surface area contributed by atoms with E-state index in [4.69, 9.17) is 14.8 Å². The van der Waals surface area contributed by atoms with Gasteiger partial charge in [-0.25, -0.2) is 9.78 Å². The zero-order valence-corrected chi connectivity index (χ0v) is 18.8. The predicted molar refractivity (Wildman–Crippen MR) is 132 cm³/mol. The minimum absolute atomic E-state index is 0.293. The molecule has 0 spiro atoms. The highest BCUT2D eigenvalue weighted by molar-refractivity contribution is 6.09. The second kappa shape index (κ2) is 7.35. The molecule has 0 unspecified atom stereocenters. The van der Waals surface area contributed by atoms with E-state index >= 15 is 0 Å². The Kier molecular flexibility index (Phi) is 4.25. The van der Waals surface area contributed by atoms with Gasteiger partial charge in [0.25, 0.3) is 0 Å². The SMILES string of the molecule is O=C(O)Oc1ccc2c(c1)nc(-c1ccc3c(c1)c1ccccc1n3CC1CC1)n2CC1CC1. The van der Waals surface area contributed by atoms with Gasteiger partial charge in [0.2, 0.25) is 0 Å². The van der Waals surface area contributed by atoms with E-state index in [-0.39, 0.29) is 0 Å². The van der Waals surface area contributed by atoms with Gasteiger partial charge in [0.15, 0.2) is 0 Å². The second-order valence-corrected chi connectivity index (χ2v) is 9.81. The zero-order chi connectivity index (χ0) is 22.8. The third-order valence-electron chi connectivity index (χ3n) is 7.23. The van der Waals surface area contributed by atoms with Crippen LogP contribution in [0.3, 0.4) is 0 Å². The number of nitrogens with zero attached hydrogens (tertiary/aromatic N) is 3. The van der Waals surface area contributed by atoms with Gasteiger partial charge in [-0.3, -0.25) is 0 Å². The van der Waals surface area contributed by atoms with Crippen molar-refractivity contribution in [3.63, 3.8) is 0 Å². The van der Waals surface area contributed by atoms with Crippen LogP contribution in [0.5, 0.6) is 5.75 Å². The maximum atomic E-state index is 11.0. The summed E-state index contributed by atoms with van der Waals surface area (Å²) < 4.78 is 9.66. The fraction of sp³-hybridized carbons (Fsp3) is 0.286. The molecule has 1 N–H and O–H groups in total. The van der Waals surface area contributed by atoms with E-state index in [1.165, 1.54) is 47.5 Å². The first-order valence-corrected chi connectivity index (χ1v) is 12.1. The number of imidazole rings is 1. The van der Waals surface area contributed by atoms with Gasteiger partial charge < -0.3 is 19.0 Å². The Morgan fingerprint density at radius 2 is 1.56 bits per heavy atom. The first kappa shape index (κ1) is 19.6. The summed E-state index contributed by atoms with van der Waals surface area (Å²) in [6.07, 6.45) is 3.82. The van der Waals surface area contributed by atoms with Crippen LogP contribution in [-0.2, 0) is 13.1 Å². The van der Waals surface area contributed by atoms with Crippen LogP contribution >= 0.6 is 0 Å². The van der Waals surface area contributed by atoms with E-state index in [0.717, 1.165) is 41.4 Å². The average molecular weight is 452 g/mol. The lowest BCUT2D eigenvalue weighted by atomic mass is 10.1. The van der Waals surface area contributed by atoms with Crippen LogP contribution in [0.4, 0.5) is 4.79 Å². The van der Waals surface area contributed by atoms with E-state index in [0.29, 0.717) is 11.7 Å². The number of aromatic nitrogens is 3. The fourth-order valence-corrected chi connectivity index (χ4v) is 5.19. The van der Waals surface area contributed by atoms with Gasteiger partial charge in [-0.15, -0.1) is 0 Å². The highest BCUT2D eigenvalue weighted by atomic mass is 16.7. The summed E-state index contributed by atoms with van der Waals surface area (Å²) in [7, 11) is 0. The second-order valence-electron chi connectivity index (χ2n) is 9.81. The molecule has 0 amide bonds. The molecule has 0 bridgehead atoms. The number of benzene rings is 3. The molecule has 2 aliphatic carbocycles. The van der Waals surface area contributed by atoms with Crippen molar-refractivity contribution in [2.24, 2.45) is 11.8 Å². The van der Waals surface area contributed by atoms with Gasteiger partial charge in [-0.1, -0.05) is 18.2 Å². The van der Waals surface area contributed by atoms with Crippen molar-refractivity contribution in [1.29, 1.82) is 0 Å². The molecule has 0 aliphatic heterocycles. The summed E-state index contributed by atoms with van der Waals surface area (Å²) >= 11 is 0. The Bertz CT molecular complexity index is 1590. The van der Waals surface area contributed by atoms with E-state index in [1.54, 1.807) is 12.1 Å². The molecule has 7 rings (SSSR count). The summed E-state index contributed by atoms with van der Waals surface area (Å²) in [6, 6.07) is 20.7. The molecule has 2 fully saturated rings. The first-order valence-electron chi connectivity index (χ1n) is 12.1. The monoisotopic (exact) mass is 451 g/mol. The van der Waals surface area contributed by atoms with Gasteiger partial charge in [-0.2, -0.15) is 0 Å². The molecule has 0 atom stereocenters. The number of carboxylic acid groups (broad SMARTS) is 1. The maximum absolute atomic E-state index is 11.0. The van der Waals surface area contributed by atoms with Crippen molar-refractivity contribution in [3.8, 4) is 17.1 Å². The quantitative estimate of drug-likeness (QED) is 0.231. The molecule has 0 radical (unpaired) electrons. The van der Waals surface area contributed by atoms with Crippen LogP contribution in [0.2, 0.25) is 0 Å². The third kappa shape index (κ3) is 3.33. The van der Waals surface area contributed by atoms with Gasteiger partial charge in [0, 0.05) is 46.5 Å². The van der Waals surface area contributed by atoms with E-state index in [2.05, 4.69) is 51.6 Å². The van der Waals surface area contributed by atoms with E-state index < -0.39 is 6.16 Å². The molecule has 2 saturated carbocycles. The van der Waals surface area contributed by atoms with Crippen molar-refractivity contribution >= 4 is 39.0 Å². The zero-order valence-electron chi connectivity index (χ0n) is 18.8. The van der Waals surface area contributed by atoms with Crippen LogP contribution < -0.4 is 4.74 Å². The number of ether oxygens (including phenoxy) is 1. The number of rotatable bonds is 6. The van der Waals surface area contributed by atoms with Gasteiger partial charge in [-0.05, 0) is 73.9 Å².